The Morgan fingerprint density at radius 1 is 1.58 bits per heavy atom. The Bertz CT molecular complexity index is 315. The molecule has 2 amide bonds. The van der Waals surface area contributed by atoms with Crippen LogP contribution in [0.3, 0.4) is 0 Å². The second-order valence-electron chi connectivity index (χ2n) is 4.65. The molecule has 0 spiro atoms. The van der Waals surface area contributed by atoms with Crippen molar-refractivity contribution in [2.45, 2.75) is 31.8 Å². The Morgan fingerprint density at radius 3 is 2.95 bits per heavy atom. The van der Waals surface area contributed by atoms with E-state index in [-0.39, 0.29) is 24.5 Å². The van der Waals surface area contributed by atoms with E-state index in [0.29, 0.717) is 12.3 Å². The fourth-order valence-corrected chi connectivity index (χ4v) is 3.60. The maximum Gasteiger partial charge on any atom is 0.317 e. The van der Waals surface area contributed by atoms with E-state index in [9.17, 15) is 9.59 Å². The Kier molecular flexibility index (Phi) is 7.45. The summed E-state index contributed by atoms with van der Waals surface area (Å²) in [5.74, 6) is 1.75. The first-order valence-electron chi connectivity index (χ1n) is 6.40. The minimum absolute atomic E-state index is 0.0274. The molecule has 0 saturated carbocycles. The third-order valence-corrected chi connectivity index (χ3v) is 4.76. The zero-order valence-corrected chi connectivity index (χ0v) is 13.1. The molecule has 1 saturated heterocycles. The number of carboxylic acid groups (broad SMARTS) is 1. The first-order chi connectivity index (χ1) is 9.04. The van der Waals surface area contributed by atoms with Crippen LogP contribution in [0.4, 0.5) is 4.79 Å². The molecule has 1 heterocycles. The van der Waals surface area contributed by atoms with Crippen molar-refractivity contribution in [3.05, 3.63) is 0 Å². The lowest BCUT2D eigenvalue weighted by molar-refractivity contribution is -0.137. The highest BCUT2D eigenvalue weighted by Crippen LogP contribution is 2.19. The number of rotatable bonds is 6. The van der Waals surface area contributed by atoms with Crippen molar-refractivity contribution in [3.63, 3.8) is 0 Å². The topological polar surface area (TPSA) is 69.6 Å². The van der Waals surface area contributed by atoms with Gasteiger partial charge in [-0.05, 0) is 25.4 Å². The lowest BCUT2D eigenvalue weighted by Crippen LogP contribution is -2.53. The second-order valence-corrected chi connectivity index (χ2v) is 6.79. The summed E-state index contributed by atoms with van der Waals surface area (Å²) in [6.45, 7) is 2.61. The molecule has 7 heteroatoms. The van der Waals surface area contributed by atoms with Crippen LogP contribution < -0.4 is 5.32 Å². The molecule has 1 rings (SSSR count). The number of nitrogens with one attached hydrogen (secondary N) is 1. The van der Waals surface area contributed by atoms with Crippen LogP contribution in [0.25, 0.3) is 0 Å². The Morgan fingerprint density at radius 2 is 2.32 bits per heavy atom. The van der Waals surface area contributed by atoms with Gasteiger partial charge >= 0.3 is 12.0 Å². The molecule has 110 valence electrons. The maximum absolute atomic E-state index is 12.2. The molecule has 0 aliphatic carbocycles. The van der Waals surface area contributed by atoms with Gasteiger partial charge in [0, 0.05) is 24.1 Å². The molecule has 1 aliphatic heterocycles. The molecule has 0 aromatic carbocycles. The summed E-state index contributed by atoms with van der Waals surface area (Å²) in [6.07, 6.45) is 3.00. The number of carbonyl (C=O) groups excluding carboxylic acids is 1. The number of amides is 2. The first-order valence-corrected chi connectivity index (χ1v) is 8.95. The maximum atomic E-state index is 12.2. The van der Waals surface area contributed by atoms with Gasteiger partial charge < -0.3 is 15.3 Å². The highest BCUT2D eigenvalue weighted by molar-refractivity contribution is 7.99. The highest BCUT2D eigenvalue weighted by atomic mass is 32.2. The number of carboxylic acids is 1. The summed E-state index contributed by atoms with van der Waals surface area (Å²) in [5, 5.41) is 11.9. The SMILES string of the molecule is CSCCC(C)NC(=O)N1CCSCC1CC(=O)O. The Labute approximate surface area is 122 Å². The third-order valence-electron chi connectivity index (χ3n) is 3.02. The number of hydrogen-bond donors (Lipinski definition) is 2. The van der Waals surface area contributed by atoms with Crippen molar-refractivity contribution in [3.8, 4) is 0 Å². The molecule has 2 unspecified atom stereocenters. The number of hydrogen-bond acceptors (Lipinski definition) is 4. The average molecular weight is 306 g/mol. The molecule has 1 aliphatic rings. The van der Waals surface area contributed by atoms with Crippen LogP contribution in [-0.4, -0.2) is 64.1 Å². The van der Waals surface area contributed by atoms with E-state index in [0.717, 1.165) is 17.9 Å². The number of aliphatic carboxylic acids is 1. The molecule has 2 N–H and O–H groups in total. The fourth-order valence-electron chi connectivity index (χ4n) is 1.95. The lowest BCUT2D eigenvalue weighted by Gasteiger charge is -2.35. The van der Waals surface area contributed by atoms with E-state index < -0.39 is 5.97 Å². The molecule has 5 nitrogen and oxygen atoms in total. The summed E-state index contributed by atoms with van der Waals surface area (Å²) in [7, 11) is 0. The van der Waals surface area contributed by atoms with Crippen molar-refractivity contribution in [1.82, 2.24) is 10.2 Å². The van der Waals surface area contributed by atoms with E-state index in [1.165, 1.54) is 0 Å². The Balaban J connectivity index is 2.49. The standard InChI is InChI=1S/C12H22N2O3S2/c1-9(3-5-18-2)13-12(17)14-4-6-19-8-10(14)7-11(15)16/h9-10H,3-8H2,1-2H3,(H,13,17)(H,15,16). The summed E-state index contributed by atoms with van der Waals surface area (Å²) >= 11 is 3.47. The quantitative estimate of drug-likeness (QED) is 0.782. The van der Waals surface area contributed by atoms with Crippen LogP contribution in [0, 0.1) is 0 Å². The van der Waals surface area contributed by atoms with Crippen LogP contribution >= 0.6 is 23.5 Å². The lowest BCUT2D eigenvalue weighted by atomic mass is 10.2. The molecular formula is C12H22N2O3S2. The fraction of sp³-hybridized carbons (Fsp3) is 0.833. The zero-order chi connectivity index (χ0) is 14.3. The Hall–Kier alpha value is -0.560. The van der Waals surface area contributed by atoms with Crippen LogP contribution in [-0.2, 0) is 4.79 Å². The minimum Gasteiger partial charge on any atom is -0.481 e. The predicted molar refractivity (Wildman–Crippen MR) is 81.1 cm³/mol. The van der Waals surface area contributed by atoms with Gasteiger partial charge in [0.2, 0.25) is 0 Å². The van der Waals surface area contributed by atoms with Crippen molar-refractivity contribution >= 4 is 35.5 Å². The summed E-state index contributed by atoms with van der Waals surface area (Å²) in [4.78, 5) is 24.7. The van der Waals surface area contributed by atoms with Crippen molar-refractivity contribution in [1.29, 1.82) is 0 Å². The smallest absolute Gasteiger partial charge is 0.317 e. The van der Waals surface area contributed by atoms with Crippen LogP contribution in [0.15, 0.2) is 0 Å². The van der Waals surface area contributed by atoms with Gasteiger partial charge in [-0.1, -0.05) is 0 Å². The largest absolute Gasteiger partial charge is 0.481 e. The van der Waals surface area contributed by atoms with E-state index in [4.69, 9.17) is 5.11 Å². The minimum atomic E-state index is -0.847. The molecule has 0 aromatic rings. The predicted octanol–water partition coefficient (Wildman–Crippen LogP) is 1.73. The van der Waals surface area contributed by atoms with Gasteiger partial charge in [-0.25, -0.2) is 4.79 Å². The normalized spacial score (nSPS) is 20.9. The molecule has 19 heavy (non-hydrogen) atoms. The van der Waals surface area contributed by atoms with Gasteiger partial charge in [-0.15, -0.1) is 0 Å². The van der Waals surface area contributed by atoms with Gasteiger partial charge in [-0.2, -0.15) is 23.5 Å². The zero-order valence-electron chi connectivity index (χ0n) is 11.4. The monoisotopic (exact) mass is 306 g/mol. The second kappa shape index (κ2) is 8.58. The number of nitrogens with zero attached hydrogens (tertiary/aromatic N) is 1. The molecule has 0 radical (unpaired) electrons. The van der Waals surface area contributed by atoms with Crippen molar-refractivity contribution in [2.75, 3.05) is 30.1 Å². The first kappa shape index (κ1) is 16.5. The van der Waals surface area contributed by atoms with E-state index in [2.05, 4.69) is 5.32 Å². The van der Waals surface area contributed by atoms with Crippen molar-refractivity contribution < 1.29 is 14.7 Å². The summed E-state index contributed by atoms with van der Waals surface area (Å²) in [5.41, 5.74) is 0. The molecular weight excluding hydrogens is 284 g/mol. The van der Waals surface area contributed by atoms with Gasteiger partial charge in [0.05, 0.1) is 12.5 Å². The summed E-state index contributed by atoms with van der Waals surface area (Å²) in [6, 6.07) is -0.191. The number of urea groups is 1. The third kappa shape index (κ3) is 5.95. The van der Waals surface area contributed by atoms with Gasteiger partial charge in [0.15, 0.2) is 0 Å². The molecule has 1 fully saturated rings. The van der Waals surface area contributed by atoms with Crippen LogP contribution in [0.5, 0.6) is 0 Å². The van der Waals surface area contributed by atoms with Gasteiger partial charge in [0.1, 0.15) is 0 Å². The number of carbonyl (C=O) groups is 2. The average Bonchev–Trinajstić information content (AvgIpc) is 2.36. The van der Waals surface area contributed by atoms with Gasteiger partial charge in [0.25, 0.3) is 0 Å². The molecule has 0 aromatic heterocycles. The summed E-state index contributed by atoms with van der Waals surface area (Å²) < 4.78 is 0. The molecule has 0 bridgehead atoms. The van der Waals surface area contributed by atoms with E-state index >= 15 is 0 Å². The van der Waals surface area contributed by atoms with Crippen molar-refractivity contribution in [2.24, 2.45) is 0 Å². The molecule has 2 atom stereocenters. The number of thioether (sulfide) groups is 2. The van der Waals surface area contributed by atoms with Crippen LogP contribution in [0.2, 0.25) is 0 Å². The highest BCUT2D eigenvalue weighted by Gasteiger charge is 2.29. The van der Waals surface area contributed by atoms with E-state index in [1.807, 2.05) is 13.2 Å². The van der Waals surface area contributed by atoms with Gasteiger partial charge in [-0.3, -0.25) is 4.79 Å². The van der Waals surface area contributed by atoms with Crippen LogP contribution in [0.1, 0.15) is 19.8 Å². The van der Waals surface area contributed by atoms with E-state index in [1.54, 1.807) is 28.4 Å².